The van der Waals surface area contributed by atoms with Crippen LogP contribution in [0.4, 0.5) is 52.0 Å². The highest BCUT2D eigenvalue weighted by Gasteiger charge is 2.18. The molecular formula is C35H28Cl2N10O14S. The highest BCUT2D eigenvalue weighted by Crippen LogP contribution is 2.40. The third-order valence-corrected chi connectivity index (χ3v) is 9.06. The Morgan fingerprint density at radius 3 is 1.52 bits per heavy atom. The number of anilines is 5. The molecule has 0 fully saturated rings. The van der Waals surface area contributed by atoms with Gasteiger partial charge in [0.25, 0.3) is 10.1 Å². The molecule has 0 aliphatic heterocycles. The monoisotopic (exact) mass is 914 g/mol. The van der Waals surface area contributed by atoms with Gasteiger partial charge < -0.3 is 51.3 Å². The number of aliphatic hydroxyl groups is 1. The van der Waals surface area contributed by atoms with Crippen molar-refractivity contribution in [2.45, 2.75) is 6.42 Å². The number of carboxylic acids is 4. The lowest BCUT2D eigenvalue weighted by atomic mass is 10.1. The van der Waals surface area contributed by atoms with Crippen molar-refractivity contribution in [3.8, 4) is 11.5 Å². The Morgan fingerprint density at radius 2 is 1.06 bits per heavy atom. The van der Waals surface area contributed by atoms with Gasteiger partial charge in [-0.25, -0.2) is 19.2 Å². The van der Waals surface area contributed by atoms with Crippen LogP contribution in [-0.2, 0) is 10.1 Å². The third-order valence-electron chi connectivity index (χ3n) is 7.65. The quantitative estimate of drug-likeness (QED) is 0.0131. The Labute approximate surface area is 357 Å². The number of aromatic nitrogens is 3. The van der Waals surface area contributed by atoms with Gasteiger partial charge >= 0.3 is 23.9 Å². The summed E-state index contributed by atoms with van der Waals surface area (Å²) in [4.78, 5) is 58.6. The molecule has 4 aromatic carbocycles. The topological polar surface area (TPSA) is 377 Å². The number of aliphatic hydroxyl groups excluding tert-OH is 1. The van der Waals surface area contributed by atoms with E-state index in [0.717, 1.165) is 42.5 Å². The minimum Gasteiger partial charge on any atom is -0.506 e. The van der Waals surface area contributed by atoms with Crippen molar-refractivity contribution in [2.75, 3.05) is 35.0 Å². The molecule has 10 N–H and O–H groups in total. The molecule has 0 atom stereocenters. The van der Waals surface area contributed by atoms with Crippen molar-refractivity contribution in [3.05, 3.63) is 93.0 Å². The number of halogens is 2. The van der Waals surface area contributed by atoms with Gasteiger partial charge in [0.2, 0.25) is 17.8 Å². The molecule has 1 heterocycles. The van der Waals surface area contributed by atoms with Crippen molar-refractivity contribution >= 4 is 109 Å². The molecule has 5 aromatic rings. The predicted molar refractivity (Wildman–Crippen MR) is 217 cm³/mol. The lowest BCUT2D eigenvalue weighted by molar-refractivity contribution is 0.0676. The first kappa shape index (κ1) is 45.5. The van der Waals surface area contributed by atoms with Crippen LogP contribution in [0.5, 0.6) is 11.5 Å². The van der Waals surface area contributed by atoms with Crippen molar-refractivity contribution in [3.63, 3.8) is 0 Å². The molecule has 0 saturated heterocycles. The minimum atomic E-state index is -4.35. The van der Waals surface area contributed by atoms with E-state index >= 15 is 0 Å². The van der Waals surface area contributed by atoms with Gasteiger partial charge in [-0.15, -0.1) is 10.2 Å². The zero-order chi connectivity index (χ0) is 45.3. The second-order valence-corrected chi connectivity index (χ2v) is 14.5. The number of ether oxygens (including phenoxy) is 1. The molecule has 0 aliphatic rings. The third kappa shape index (κ3) is 12.5. The molecule has 0 saturated carbocycles. The number of nitrogens with zero attached hydrogens (tertiary/aromatic N) is 7. The van der Waals surface area contributed by atoms with Gasteiger partial charge in [0.15, 0.2) is 0 Å². The van der Waals surface area contributed by atoms with Crippen LogP contribution in [0.1, 0.15) is 47.9 Å². The normalized spacial score (nSPS) is 11.4. The molecule has 24 nitrogen and oxygen atoms in total. The Balaban J connectivity index is 1.46. The van der Waals surface area contributed by atoms with Gasteiger partial charge in [-0.2, -0.15) is 33.6 Å². The summed E-state index contributed by atoms with van der Waals surface area (Å²) in [6, 6.07) is 10.9. The molecule has 0 amide bonds. The van der Waals surface area contributed by atoms with E-state index in [2.05, 4.69) is 51.4 Å². The first-order chi connectivity index (χ1) is 29.3. The smallest absolute Gasteiger partial charge is 0.335 e. The number of benzene rings is 4. The minimum absolute atomic E-state index is 0.0268. The van der Waals surface area contributed by atoms with E-state index in [9.17, 15) is 58.2 Å². The molecule has 0 bridgehead atoms. The van der Waals surface area contributed by atoms with Crippen molar-refractivity contribution in [1.82, 2.24) is 15.0 Å². The standard InChI is InChI=1S/C35H28Cl2N10O14S/c36-21-10-25(27(49)12-23(21)46-44-19-6-15(29(50)51)4-16(7-19)30(52)53)39-34-41-33(38-14-48)42-35(43-34)40-26-11-22(37)24(13-28(26)61-2-1-3-62(58,59)60)47-45-20-8-17(31(54)55)5-18(9-20)32(56)57/h4-13,48-49H,1-3,14H2,(H,50,51)(H,52,53)(H,54,55)(H,56,57)(H,58,59,60)(H3,38,39,40,41,42,43). The second kappa shape index (κ2) is 19.7. The average molecular weight is 916 g/mol. The maximum Gasteiger partial charge on any atom is 0.335 e. The number of nitrogens with one attached hydrogen (secondary N) is 3. The summed E-state index contributed by atoms with van der Waals surface area (Å²) in [6.07, 6.45) is -0.183. The largest absolute Gasteiger partial charge is 0.506 e. The van der Waals surface area contributed by atoms with Crippen LogP contribution in [0.3, 0.4) is 0 Å². The Hall–Kier alpha value is -7.58. The average Bonchev–Trinajstić information content (AvgIpc) is 3.19. The molecular weight excluding hydrogens is 887 g/mol. The zero-order valence-electron chi connectivity index (χ0n) is 30.9. The number of rotatable bonds is 19. The Bertz CT molecular complexity index is 2710. The Kier molecular flexibility index (Phi) is 14.4. The summed E-state index contributed by atoms with van der Waals surface area (Å²) in [6.45, 7) is -0.940. The molecule has 0 unspecified atom stereocenters. The van der Waals surface area contributed by atoms with E-state index in [4.69, 9.17) is 32.5 Å². The molecule has 1 aromatic heterocycles. The summed E-state index contributed by atoms with van der Waals surface area (Å²) in [5, 5.41) is 81.4. The second-order valence-electron chi connectivity index (χ2n) is 12.2. The number of phenols is 1. The summed E-state index contributed by atoms with van der Waals surface area (Å²) >= 11 is 12.9. The van der Waals surface area contributed by atoms with Gasteiger partial charge in [-0.1, -0.05) is 23.2 Å². The van der Waals surface area contributed by atoms with Crippen LogP contribution < -0.4 is 20.7 Å². The fraction of sp³-hybridized carbons (Fsp3) is 0.114. The molecule has 5 rings (SSSR count). The van der Waals surface area contributed by atoms with Crippen LogP contribution in [0.25, 0.3) is 0 Å². The molecule has 322 valence electrons. The lowest BCUT2D eigenvalue weighted by Crippen LogP contribution is -2.11. The number of azo groups is 2. The Morgan fingerprint density at radius 1 is 0.629 bits per heavy atom. The SMILES string of the molecule is O=C(O)c1cc(N=Nc2cc(O)c(Nc3nc(NCO)nc(Nc4cc(Cl)c(N=Nc5cc(C(=O)O)cc(C(=O)O)c5)cc4OCCCS(=O)(=O)O)n3)cc2Cl)cc(C(=O)O)c1. The van der Waals surface area contributed by atoms with Crippen molar-refractivity contribution in [2.24, 2.45) is 20.5 Å². The van der Waals surface area contributed by atoms with Crippen LogP contribution in [0.2, 0.25) is 10.0 Å². The van der Waals surface area contributed by atoms with E-state index in [1.807, 2.05) is 0 Å². The van der Waals surface area contributed by atoms with Crippen LogP contribution >= 0.6 is 23.2 Å². The van der Waals surface area contributed by atoms with Crippen molar-refractivity contribution < 1.29 is 67.5 Å². The summed E-state index contributed by atoms with van der Waals surface area (Å²) in [7, 11) is -4.35. The lowest BCUT2D eigenvalue weighted by Gasteiger charge is -2.15. The predicted octanol–water partition coefficient (Wildman–Crippen LogP) is 7.01. The van der Waals surface area contributed by atoms with E-state index < -0.39 is 52.2 Å². The first-order valence-electron chi connectivity index (χ1n) is 16.9. The highest BCUT2D eigenvalue weighted by molar-refractivity contribution is 7.85. The van der Waals surface area contributed by atoms with Gasteiger partial charge in [0.1, 0.15) is 29.6 Å². The number of carboxylic acid groups (broad SMARTS) is 4. The molecule has 62 heavy (non-hydrogen) atoms. The van der Waals surface area contributed by atoms with E-state index in [-0.39, 0.29) is 103 Å². The van der Waals surface area contributed by atoms with E-state index in [0.29, 0.717) is 0 Å². The fourth-order valence-electron chi connectivity index (χ4n) is 4.92. The van der Waals surface area contributed by atoms with Gasteiger partial charge in [-0.05, 0) is 55.0 Å². The van der Waals surface area contributed by atoms with Gasteiger partial charge in [0, 0.05) is 12.1 Å². The van der Waals surface area contributed by atoms with Crippen LogP contribution in [-0.4, -0.2) is 102 Å². The van der Waals surface area contributed by atoms with E-state index in [1.54, 1.807) is 0 Å². The summed E-state index contributed by atoms with van der Waals surface area (Å²) in [5.74, 6) is -7.60. The number of hydrogen-bond acceptors (Lipinski definition) is 19. The van der Waals surface area contributed by atoms with Crippen LogP contribution in [0.15, 0.2) is 81.1 Å². The van der Waals surface area contributed by atoms with Crippen molar-refractivity contribution in [1.29, 1.82) is 0 Å². The molecule has 27 heteroatoms. The number of phenolic OH excluding ortho intramolecular Hbond substituents is 1. The van der Waals surface area contributed by atoms with Gasteiger partial charge in [0.05, 0.1) is 67.4 Å². The summed E-state index contributed by atoms with van der Waals surface area (Å²) in [5.41, 5.74) is -2.06. The maximum absolute atomic E-state index is 11.5. The summed E-state index contributed by atoms with van der Waals surface area (Å²) < 4.78 is 37.5. The molecule has 0 spiro atoms. The first-order valence-corrected chi connectivity index (χ1v) is 19.3. The van der Waals surface area contributed by atoms with E-state index in [1.165, 1.54) is 18.2 Å². The highest BCUT2D eigenvalue weighted by atomic mass is 35.5. The zero-order valence-corrected chi connectivity index (χ0v) is 33.2. The maximum atomic E-state index is 11.5. The van der Waals surface area contributed by atoms with Crippen LogP contribution in [0, 0.1) is 0 Å². The number of hydrogen-bond donors (Lipinski definition) is 10. The van der Waals surface area contributed by atoms with Gasteiger partial charge in [-0.3, -0.25) is 4.55 Å². The molecule has 0 radical (unpaired) electrons. The number of carbonyl (C=O) groups is 4. The number of aromatic carboxylic acids is 4. The fourth-order valence-corrected chi connectivity index (χ4v) is 5.81. The number of aromatic hydroxyl groups is 1. The molecule has 0 aliphatic carbocycles.